The van der Waals surface area contributed by atoms with Crippen molar-refractivity contribution in [3.63, 3.8) is 0 Å². The lowest BCUT2D eigenvalue weighted by Crippen LogP contribution is -2.46. The first-order chi connectivity index (χ1) is 12.1. The lowest BCUT2D eigenvalue weighted by molar-refractivity contribution is -0.0817. The van der Waals surface area contributed by atoms with Gasteiger partial charge in [-0.2, -0.15) is 0 Å². The Morgan fingerprint density at radius 1 is 1.36 bits per heavy atom. The molecule has 0 spiro atoms. The molecule has 6 nitrogen and oxygen atoms in total. The van der Waals surface area contributed by atoms with E-state index in [2.05, 4.69) is 38.7 Å². The molecule has 1 atom stereocenters. The topological polar surface area (TPSA) is 53.2 Å². The molecule has 25 heavy (non-hydrogen) atoms. The Balaban J connectivity index is 1.62. The molecule has 2 aliphatic heterocycles. The van der Waals surface area contributed by atoms with Crippen LogP contribution < -0.4 is 4.90 Å². The lowest BCUT2D eigenvalue weighted by Gasteiger charge is -2.37. The minimum absolute atomic E-state index is 0.275. The lowest BCUT2D eigenvalue weighted by atomic mass is 9.93. The molecular formula is C19H28N4O2. The first-order valence-electron chi connectivity index (χ1n) is 9.25. The summed E-state index contributed by atoms with van der Waals surface area (Å²) in [7, 11) is 4.08. The van der Waals surface area contributed by atoms with E-state index < -0.39 is 5.60 Å². The van der Waals surface area contributed by atoms with Gasteiger partial charge in [-0.05, 0) is 31.5 Å². The Labute approximate surface area is 149 Å². The summed E-state index contributed by atoms with van der Waals surface area (Å²) in [4.78, 5) is 9.47. The van der Waals surface area contributed by atoms with E-state index in [0.717, 1.165) is 49.3 Å². The molecule has 0 aromatic carbocycles. The van der Waals surface area contributed by atoms with Crippen LogP contribution in [-0.2, 0) is 4.74 Å². The highest BCUT2D eigenvalue weighted by Gasteiger charge is 2.37. The van der Waals surface area contributed by atoms with Crippen LogP contribution >= 0.6 is 0 Å². The van der Waals surface area contributed by atoms with Gasteiger partial charge in [-0.15, -0.1) is 0 Å². The van der Waals surface area contributed by atoms with Gasteiger partial charge in [-0.1, -0.05) is 0 Å². The van der Waals surface area contributed by atoms with Crippen LogP contribution in [0, 0.1) is 0 Å². The van der Waals surface area contributed by atoms with Gasteiger partial charge in [0.1, 0.15) is 0 Å². The maximum absolute atomic E-state index is 10.9. The summed E-state index contributed by atoms with van der Waals surface area (Å²) in [6.45, 7) is 3.06. The maximum atomic E-state index is 10.9. The number of aromatic nitrogens is 2. The molecule has 6 heteroatoms. The minimum Gasteiger partial charge on any atom is -0.388 e. The Hall–Kier alpha value is -1.63. The molecule has 1 unspecified atom stereocenters. The van der Waals surface area contributed by atoms with Crippen LogP contribution in [0.25, 0.3) is 5.52 Å². The molecule has 0 saturated carbocycles. The molecule has 4 rings (SSSR count). The molecule has 1 N–H and O–H groups in total. The van der Waals surface area contributed by atoms with Crippen LogP contribution in [0.5, 0.6) is 0 Å². The number of ether oxygens (including phenoxy) is 1. The smallest absolute Gasteiger partial charge is 0.152 e. The third kappa shape index (κ3) is 3.26. The second kappa shape index (κ2) is 6.59. The van der Waals surface area contributed by atoms with Gasteiger partial charge in [0.2, 0.25) is 0 Å². The number of likely N-dealkylation sites (tertiary alicyclic amines) is 1. The average molecular weight is 344 g/mol. The summed E-state index contributed by atoms with van der Waals surface area (Å²) in [5.74, 6) is 0.999. The van der Waals surface area contributed by atoms with Crippen LogP contribution in [0.4, 0.5) is 5.82 Å². The third-order valence-electron chi connectivity index (χ3n) is 5.56. The van der Waals surface area contributed by atoms with Gasteiger partial charge in [-0.3, -0.25) is 4.90 Å². The number of hydrogen-bond acceptors (Lipinski definition) is 5. The summed E-state index contributed by atoms with van der Waals surface area (Å²) >= 11 is 0. The van der Waals surface area contributed by atoms with Crippen molar-refractivity contribution in [3.05, 3.63) is 30.2 Å². The molecular weight excluding hydrogens is 316 g/mol. The highest BCUT2D eigenvalue weighted by atomic mass is 16.5. The van der Waals surface area contributed by atoms with Crippen molar-refractivity contribution in [3.8, 4) is 0 Å². The van der Waals surface area contributed by atoms with Crippen molar-refractivity contribution in [1.29, 1.82) is 0 Å². The van der Waals surface area contributed by atoms with E-state index in [1.807, 2.05) is 14.1 Å². The van der Waals surface area contributed by atoms with Gasteiger partial charge in [0.25, 0.3) is 0 Å². The van der Waals surface area contributed by atoms with Crippen molar-refractivity contribution in [2.24, 2.45) is 0 Å². The minimum atomic E-state index is -0.622. The molecule has 2 aromatic rings. The van der Waals surface area contributed by atoms with Crippen molar-refractivity contribution in [1.82, 2.24) is 14.3 Å². The van der Waals surface area contributed by atoms with Crippen LogP contribution in [0.15, 0.2) is 24.5 Å². The predicted octanol–water partition coefficient (Wildman–Crippen LogP) is 2.08. The van der Waals surface area contributed by atoms with E-state index in [0.29, 0.717) is 19.8 Å². The van der Waals surface area contributed by atoms with Crippen LogP contribution in [0.2, 0.25) is 0 Å². The Kier molecular flexibility index (Phi) is 4.43. The second-order valence-corrected chi connectivity index (χ2v) is 7.65. The van der Waals surface area contributed by atoms with Gasteiger partial charge >= 0.3 is 0 Å². The highest BCUT2D eigenvalue weighted by Crippen LogP contribution is 2.35. The molecule has 0 amide bonds. The van der Waals surface area contributed by atoms with Crippen LogP contribution in [0.1, 0.15) is 37.4 Å². The van der Waals surface area contributed by atoms with E-state index in [4.69, 9.17) is 9.72 Å². The average Bonchev–Trinajstić information content (AvgIpc) is 3.22. The van der Waals surface area contributed by atoms with Gasteiger partial charge in [-0.25, -0.2) is 4.98 Å². The molecule has 2 aromatic heterocycles. The monoisotopic (exact) mass is 344 g/mol. The maximum Gasteiger partial charge on any atom is 0.152 e. The predicted molar refractivity (Wildman–Crippen MR) is 98.1 cm³/mol. The Morgan fingerprint density at radius 2 is 2.16 bits per heavy atom. The zero-order valence-electron chi connectivity index (χ0n) is 15.2. The molecule has 0 aliphatic carbocycles. The van der Waals surface area contributed by atoms with E-state index >= 15 is 0 Å². The first kappa shape index (κ1) is 16.8. The number of β-amino-alcohol motifs (C(OH)–C–C–N with tert-alkyl or cyclic N) is 1. The number of rotatable bonds is 4. The molecule has 136 valence electrons. The van der Waals surface area contributed by atoms with Gasteiger partial charge < -0.3 is 19.1 Å². The van der Waals surface area contributed by atoms with Crippen molar-refractivity contribution >= 4 is 11.3 Å². The highest BCUT2D eigenvalue weighted by molar-refractivity contribution is 5.69. The van der Waals surface area contributed by atoms with Crippen molar-refractivity contribution in [2.45, 2.75) is 37.3 Å². The zero-order chi connectivity index (χ0) is 17.4. The fourth-order valence-corrected chi connectivity index (χ4v) is 4.17. The molecule has 2 fully saturated rings. The van der Waals surface area contributed by atoms with Gasteiger partial charge in [0.15, 0.2) is 5.82 Å². The van der Waals surface area contributed by atoms with E-state index in [-0.39, 0.29) is 6.04 Å². The number of fused-ring (bicyclic) bond motifs is 1. The van der Waals surface area contributed by atoms with Crippen molar-refractivity contribution < 1.29 is 9.84 Å². The fraction of sp³-hybridized carbons (Fsp3) is 0.632. The number of nitrogens with zero attached hydrogens (tertiary/aromatic N) is 4. The standard InChI is InChI=1S/C19H28N4O2/c1-21(2)18-17-6-4-9-22(17)13-15(20-18)16-5-3-10-23(16)14-19(24)7-11-25-12-8-19/h4,6,9,13,16,24H,3,5,7-8,10-12,14H2,1-2H3. The van der Waals surface area contributed by atoms with Gasteiger partial charge in [0, 0.05) is 59.1 Å². The number of aliphatic hydroxyl groups is 1. The van der Waals surface area contributed by atoms with E-state index in [1.165, 1.54) is 0 Å². The quantitative estimate of drug-likeness (QED) is 0.920. The fourth-order valence-electron chi connectivity index (χ4n) is 4.17. The largest absolute Gasteiger partial charge is 0.388 e. The third-order valence-corrected chi connectivity index (χ3v) is 5.56. The Bertz CT molecular complexity index is 736. The summed E-state index contributed by atoms with van der Waals surface area (Å²) in [6, 6.07) is 4.44. The van der Waals surface area contributed by atoms with Gasteiger partial charge in [0.05, 0.1) is 22.9 Å². The summed E-state index contributed by atoms with van der Waals surface area (Å²) in [5.41, 5.74) is 1.60. The molecule has 0 radical (unpaired) electrons. The van der Waals surface area contributed by atoms with Crippen molar-refractivity contribution in [2.75, 3.05) is 45.3 Å². The second-order valence-electron chi connectivity index (χ2n) is 7.65. The first-order valence-corrected chi connectivity index (χ1v) is 9.25. The van der Waals surface area contributed by atoms with Crippen LogP contribution in [-0.4, -0.2) is 65.4 Å². The van der Waals surface area contributed by atoms with E-state index in [9.17, 15) is 5.11 Å². The molecule has 2 saturated heterocycles. The molecule has 4 heterocycles. The SMILES string of the molecule is CN(C)c1nc(C2CCCN2CC2(O)CCOCC2)cn2cccc12. The zero-order valence-corrected chi connectivity index (χ0v) is 15.2. The van der Waals surface area contributed by atoms with Crippen LogP contribution in [0.3, 0.4) is 0 Å². The summed E-state index contributed by atoms with van der Waals surface area (Å²) in [6.07, 6.45) is 7.93. The molecule has 0 bridgehead atoms. The van der Waals surface area contributed by atoms with E-state index in [1.54, 1.807) is 0 Å². The number of hydrogen-bond donors (Lipinski definition) is 1. The normalized spacial score (nSPS) is 24.0. The molecule has 2 aliphatic rings. The summed E-state index contributed by atoms with van der Waals surface area (Å²) < 4.78 is 7.59. The Morgan fingerprint density at radius 3 is 2.92 bits per heavy atom. The number of anilines is 1. The summed E-state index contributed by atoms with van der Waals surface area (Å²) in [5, 5.41) is 10.9.